The third-order valence-electron chi connectivity index (χ3n) is 3.12. The molecule has 1 aromatic heterocycles. The molecule has 1 heterocycles. The monoisotopic (exact) mass is 282 g/mol. The SMILES string of the molecule is CCc1nc(Oc2ccc3ccc(O)cc3c2)cc(=O)[nH]1. The Kier molecular flexibility index (Phi) is 3.31. The minimum atomic E-state index is -0.240. The molecule has 3 rings (SSSR count). The predicted molar refractivity (Wildman–Crippen MR) is 79.9 cm³/mol. The summed E-state index contributed by atoms with van der Waals surface area (Å²) in [5.74, 6) is 1.60. The molecule has 0 atom stereocenters. The second-order valence-corrected chi connectivity index (χ2v) is 4.68. The van der Waals surface area contributed by atoms with E-state index in [9.17, 15) is 9.90 Å². The van der Waals surface area contributed by atoms with Crippen LogP contribution < -0.4 is 10.3 Å². The van der Waals surface area contributed by atoms with Crippen molar-refractivity contribution in [3.05, 3.63) is 58.6 Å². The lowest BCUT2D eigenvalue weighted by molar-refractivity contribution is 0.458. The maximum absolute atomic E-state index is 11.5. The zero-order valence-corrected chi connectivity index (χ0v) is 11.5. The van der Waals surface area contributed by atoms with Crippen LogP contribution in [0.3, 0.4) is 0 Å². The molecule has 5 nitrogen and oxygen atoms in total. The first-order chi connectivity index (χ1) is 10.1. The van der Waals surface area contributed by atoms with Crippen LogP contribution in [0.5, 0.6) is 17.4 Å². The van der Waals surface area contributed by atoms with Gasteiger partial charge in [0, 0.05) is 6.42 Å². The van der Waals surface area contributed by atoms with Crippen LogP contribution in [0.2, 0.25) is 0 Å². The predicted octanol–water partition coefficient (Wildman–Crippen LogP) is 2.98. The molecule has 3 aromatic rings. The number of hydrogen-bond acceptors (Lipinski definition) is 4. The number of fused-ring (bicyclic) bond motifs is 1. The largest absolute Gasteiger partial charge is 0.508 e. The summed E-state index contributed by atoms with van der Waals surface area (Å²) in [5.41, 5.74) is -0.240. The quantitative estimate of drug-likeness (QED) is 0.774. The Morgan fingerprint density at radius 3 is 2.76 bits per heavy atom. The van der Waals surface area contributed by atoms with Crippen LogP contribution in [0.1, 0.15) is 12.7 Å². The van der Waals surface area contributed by atoms with Crippen molar-refractivity contribution in [2.24, 2.45) is 0 Å². The van der Waals surface area contributed by atoms with E-state index in [1.807, 2.05) is 19.1 Å². The fourth-order valence-electron chi connectivity index (χ4n) is 2.10. The number of ether oxygens (including phenoxy) is 1. The summed E-state index contributed by atoms with van der Waals surface area (Å²) >= 11 is 0. The Morgan fingerprint density at radius 2 is 1.95 bits per heavy atom. The van der Waals surface area contributed by atoms with Crippen LogP contribution in [0.15, 0.2) is 47.3 Å². The van der Waals surface area contributed by atoms with Crippen molar-refractivity contribution in [1.82, 2.24) is 9.97 Å². The number of nitrogens with zero attached hydrogens (tertiary/aromatic N) is 1. The molecular formula is C16H14N2O3. The molecule has 0 amide bonds. The highest BCUT2D eigenvalue weighted by molar-refractivity contribution is 5.85. The Balaban J connectivity index is 1.97. The highest BCUT2D eigenvalue weighted by atomic mass is 16.5. The first-order valence-electron chi connectivity index (χ1n) is 6.65. The summed E-state index contributed by atoms with van der Waals surface area (Å²) in [6.45, 7) is 1.90. The van der Waals surface area contributed by atoms with Gasteiger partial charge in [0.15, 0.2) is 0 Å². The van der Waals surface area contributed by atoms with Gasteiger partial charge in [0.25, 0.3) is 5.56 Å². The topological polar surface area (TPSA) is 75.2 Å². The minimum absolute atomic E-state index is 0.196. The van der Waals surface area contributed by atoms with Gasteiger partial charge in [-0.3, -0.25) is 4.79 Å². The number of aromatic hydroxyl groups is 1. The molecule has 0 spiro atoms. The number of aromatic amines is 1. The van der Waals surface area contributed by atoms with Crippen molar-refractivity contribution in [2.75, 3.05) is 0 Å². The number of rotatable bonds is 3. The van der Waals surface area contributed by atoms with Gasteiger partial charge in [-0.05, 0) is 35.0 Å². The number of phenols is 1. The highest BCUT2D eigenvalue weighted by Crippen LogP contribution is 2.26. The van der Waals surface area contributed by atoms with E-state index in [-0.39, 0.29) is 17.2 Å². The smallest absolute Gasteiger partial charge is 0.254 e. The third-order valence-corrected chi connectivity index (χ3v) is 3.12. The van der Waals surface area contributed by atoms with Gasteiger partial charge >= 0.3 is 0 Å². The number of nitrogens with one attached hydrogen (secondary N) is 1. The van der Waals surface area contributed by atoms with Gasteiger partial charge in [-0.1, -0.05) is 19.1 Å². The van der Waals surface area contributed by atoms with Crippen LogP contribution in [-0.2, 0) is 6.42 Å². The molecule has 0 aliphatic carbocycles. The number of phenolic OH excluding ortho intramolecular Hbond substituents is 1. The minimum Gasteiger partial charge on any atom is -0.508 e. The van der Waals surface area contributed by atoms with Crippen LogP contribution >= 0.6 is 0 Å². The van der Waals surface area contributed by atoms with Crippen LogP contribution in [0, 0.1) is 0 Å². The molecule has 5 heteroatoms. The van der Waals surface area contributed by atoms with Crippen molar-refractivity contribution in [1.29, 1.82) is 0 Å². The van der Waals surface area contributed by atoms with Crippen LogP contribution in [0.4, 0.5) is 0 Å². The van der Waals surface area contributed by atoms with Crippen molar-refractivity contribution in [3.8, 4) is 17.4 Å². The van der Waals surface area contributed by atoms with Gasteiger partial charge < -0.3 is 14.8 Å². The van der Waals surface area contributed by atoms with Crippen molar-refractivity contribution in [3.63, 3.8) is 0 Å². The van der Waals surface area contributed by atoms with Crippen molar-refractivity contribution < 1.29 is 9.84 Å². The number of H-pyrrole nitrogens is 1. The number of aryl methyl sites for hydroxylation is 1. The normalized spacial score (nSPS) is 10.7. The number of hydrogen-bond donors (Lipinski definition) is 2. The molecule has 0 saturated heterocycles. The Hall–Kier alpha value is -2.82. The molecular weight excluding hydrogens is 268 g/mol. The lowest BCUT2D eigenvalue weighted by Gasteiger charge is -2.07. The molecule has 106 valence electrons. The van der Waals surface area contributed by atoms with E-state index < -0.39 is 0 Å². The lowest BCUT2D eigenvalue weighted by atomic mass is 10.1. The van der Waals surface area contributed by atoms with Gasteiger partial charge in [-0.25, -0.2) is 0 Å². The van der Waals surface area contributed by atoms with Crippen molar-refractivity contribution >= 4 is 10.8 Å². The van der Waals surface area contributed by atoms with E-state index in [0.717, 1.165) is 10.8 Å². The summed E-state index contributed by atoms with van der Waals surface area (Å²) in [4.78, 5) is 18.4. The highest BCUT2D eigenvalue weighted by Gasteiger charge is 2.04. The molecule has 0 unspecified atom stereocenters. The molecule has 2 aromatic carbocycles. The summed E-state index contributed by atoms with van der Waals surface area (Å²) in [5, 5.41) is 11.4. The summed E-state index contributed by atoms with van der Waals surface area (Å²) in [6.07, 6.45) is 0.623. The second-order valence-electron chi connectivity index (χ2n) is 4.68. The van der Waals surface area contributed by atoms with E-state index in [4.69, 9.17) is 4.74 Å². The van der Waals surface area contributed by atoms with Crippen LogP contribution in [-0.4, -0.2) is 15.1 Å². The van der Waals surface area contributed by atoms with Gasteiger partial charge in [0.05, 0.1) is 6.07 Å². The molecule has 21 heavy (non-hydrogen) atoms. The zero-order chi connectivity index (χ0) is 14.8. The van der Waals surface area contributed by atoms with E-state index in [2.05, 4.69) is 9.97 Å². The average molecular weight is 282 g/mol. The first kappa shape index (κ1) is 13.2. The van der Waals surface area contributed by atoms with E-state index in [1.165, 1.54) is 6.07 Å². The number of benzene rings is 2. The number of aromatic nitrogens is 2. The molecule has 0 aliphatic rings. The molecule has 0 fully saturated rings. The molecule has 0 saturated carbocycles. The molecule has 0 aliphatic heterocycles. The maximum atomic E-state index is 11.5. The molecule has 0 bridgehead atoms. The van der Waals surface area contributed by atoms with Gasteiger partial charge in [-0.15, -0.1) is 0 Å². The van der Waals surface area contributed by atoms with E-state index in [0.29, 0.717) is 18.0 Å². The van der Waals surface area contributed by atoms with Gasteiger partial charge in [0.2, 0.25) is 5.88 Å². The standard InChI is InChI=1S/C16H14N2O3/c1-2-14-17-15(20)9-16(18-14)21-13-6-4-10-3-5-12(19)7-11(10)8-13/h3-9,19H,2H2,1H3,(H,17,18,20). The maximum Gasteiger partial charge on any atom is 0.254 e. The fraction of sp³-hybridized carbons (Fsp3) is 0.125. The summed E-state index contributed by atoms with van der Waals surface area (Å²) in [7, 11) is 0. The summed E-state index contributed by atoms with van der Waals surface area (Å²) in [6, 6.07) is 11.9. The molecule has 0 radical (unpaired) electrons. The van der Waals surface area contributed by atoms with Gasteiger partial charge in [0.1, 0.15) is 17.3 Å². The fourth-order valence-corrected chi connectivity index (χ4v) is 2.10. The third kappa shape index (κ3) is 2.86. The Bertz CT molecular complexity index is 856. The lowest BCUT2D eigenvalue weighted by Crippen LogP contribution is -2.10. The Morgan fingerprint density at radius 1 is 1.14 bits per heavy atom. The Labute approximate surface area is 120 Å². The zero-order valence-electron chi connectivity index (χ0n) is 11.5. The van der Waals surface area contributed by atoms with E-state index >= 15 is 0 Å². The van der Waals surface area contributed by atoms with Gasteiger partial charge in [-0.2, -0.15) is 4.98 Å². The average Bonchev–Trinajstić information content (AvgIpc) is 2.46. The first-order valence-corrected chi connectivity index (χ1v) is 6.65. The molecule has 2 N–H and O–H groups in total. The van der Waals surface area contributed by atoms with Crippen molar-refractivity contribution in [2.45, 2.75) is 13.3 Å². The van der Waals surface area contributed by atoms with Crippen LogP contribution in [0.25, 0.3) is 10.8 Å². The van der Waals surface area contributed by atoms with E-state index in [1.54, 1.807) is 24.3 Å². The summed E-state index contributed by atoms with van der Waals surface area (Å²) < 4.78 is 5.64. The second kappa shape index (κ2) is 5.28.